The molecule has 5 nitrogen and oxygen atoms in total. The van der Waals surface area contributed by atoms with Gasteiger partial charge < -0.3 is 9.80 Å². The molecule has 4 rings (SSSR count). The zero-order chi connectivity index (χ0) is 23.6. The summed E-state index contributed by atoms with van der Waals surface area (Å²) in [5.41, 5.74) is 4.40. The number of benzene rings is 2. The van der Waals surface area contributed by atoms with Crippen LogP contribution in [0.25, 0.3) is 11.3 Å². The van der Waals surface area contributed by atoms with Crippen LogP contribution in [0.15, 0.2) is 53.7 Å². The van der Waals surface area contributed by atoms with Crippen LogP contribution in [0.4, 0.5) is 15.9 Å². The van der Waals surface area contributed by atoms with Crippen molar-refractivity contribution in [1.29, 1.82) is 5.26 Å². The Bertz CT molecular complexity index is 1160. The van der Waals surface area contributed by atoms with E-state index in [2.05, 4.69) is 48.8 Å². The second-order valence-corrected chi connectivity index (χ2v) is 9.92. The Morgan fingerprint density at radius 2 is 1.52 bits per heavy atom. The van der Waals surface area contributed by atoms with Crippen molar-refractivity contribution >= 4 is 23.3 Å². The molecule has 0 atom stereocenters. The Balaban J connectivity index is 1.64. The number of thioether (sulfide) groups is 1. The molecule has 0 unspecified atom stereocenters. The minimum atomic E-state index is -0.232. The summed E-state index contributed by atoms with van der Waals surface area (Å²) in [6.45, 7) is 9.53. The number of aromatic nitrogens is 2. The Morgan fingerprint density at radius 3 is 2.06 bits per heavy atom. The third-order valence-electron chi connectivity index (χ3n) is 5.96. The van der Waals surface area contributed by atoms with Crippen LogP contribution in [0.1, 0.15) is 31.9 Å². The first-order valence-electron chi connectivity index (χ1n) is 11.0. The topological polar surface area (TPSA) is 56.1 Å². The van der Waals surface area contributed by atoms with Gasteiger partial charge >= 0.3 is 0 Å². The van der Waals surface area contributed by atoms with Crippen molar-refractivity contribution in [3.8, 4) is 17.3 Å². The fourth-order valence-electron chi connectivity index (χ4n) is 4.02. The molecular formula is C26H28FN5S. The molecule has 0 bridgehead atoms. The Morgan fingerprint density at radius 1 is 0.909 bits per heavy atom. The van der Waals surface area contributed by atoms with Gasteiger partial charge in [-0.2, -0.15) is 5.26 Å². The summed E-state index contributed by atoms with van der Waals surface area (Å²) in [4.78, 5) is 13.8. The van der Waals surface area contributed by atoms with Crippen LogP contribution in [0.5, 0.6) is 0 Å². The van der Waals surface area contributed by atoms with Gasteiger partial charge in [0.15, 0.2) is 11.0 Å². The molecule has 3 aromatic rings. The lowest BCUT2D eigenvalue weighted by molar-refractivity contribution is 0.590. The predicted molar refractivity (Wildman–Crippen MR) is 133 cm³/mol. The maximum Gasteiger partial charge on any atom is 0.189 e. The van der Waals surface area contributed by atoms with Crippen molar-refractivity contribution in [3.63, 3.8) is 0 Å². The second kappa shape index (κ2) is 9.40. The van der Waals surface area contributed by atoms with Gasteiger partial charge in [0.25, 0.3) is 0 Å². The Hall–Kier alpha value is -3.11. The molecule has 1 aliphatic heterocycles. The molecule has 1 saturated heterocycles. The molecule has 2 aromatic carbocycles. The Kier molecular flexibility index (Phi) is 6.57. The molecule has 33 heavy (non-hydrogen) atoms. The number of nitrogens with zero attached hydrogens (tertiary/aromatic N) is 5. The van der Waals surface area contributed by atoms with Gasteiger partial charge in [0.1, 0.15) is 17.4 Å². The van der Waals surface area contributed by atoms with Gasteiger partial charge in [-0.25, -0.2) is 14.4 Å². The molecule has 0 saturated carbocycles. The maximum atomic E-state index is 13.3. The standard InChI is InChI=1S/C26H28FN5S/c1-26(2,3)19-7-5-18(6-8-19)23-22(17-28)24(30-25(29-23)33-4)32-15-13-31(14-16-32)21-11-9-20(27)10-12-21/h5-12H,13-16H2,1-4H3. The average molecular weight is 462 g/mol. The Labute approximate surface area is 199 Å². The van der Waals surface area contributed by atoms with E-state index in [0.29, 0.717) is 22.2 Å². The molecule has 2 heterocycles. The monoisotopic (exact) mass is 461 g/mol. The highest BCUT2D eigenvalue weighted by atomic mass is 32.2. The summed E-state index contributed by atoms with van der Waals surface area (Å²) in [7, 11) is 0. The van der Waals surface area contributed by atoms with E-state index >= 15 is 0 Å². The third-order valence-corrected chi connectivity index (χ3v) is 6.51. The van der Waals surface area contributed by atoms with Crippen LogP contribution in [-0.2, 0) is 5.41 Å². The normalized spacial score (nSPS) is 14.3. The van der Waals surface area contributed by atoms with E-state index in [4.69, 9.17) is 9.97 Å². The van der Waals surface area contributed by atoms with Crippen LogP contribution in [0.2, 0.25) is 0 Å². The number of rotatable bonds is 4. The summed E-state index contributed by atoms with van der Waals surface area (Å²) < 4.78 is 13.3. The number of nitriles is 1. The molecule has 1 aliphatic rings. The molecule has 0 aliphatic carbocycles. The first kappa shape index (κ1) is 23.1. The first-order chi connectivity index (χ1) is 15.8. The molecule has 0 amide bonds. The van der Waals surface area contributed by atoms with E-state index < -0.39 is 0 Å². The fraction of sp³-hybridized carbons (Fsp3) is 0.346. The van der Waals surface area contributed by atoms with Crippen LogP contribution < -0.4 is 9.80 Å². The van der Waals surface area contributed by atoms with Gasteiger partial charge in [0, 0.05) is 37.4 Å². The summed E-state index contributed by atoms with van der Waals surface area (Å²) in [5.74, 6) is 0.454. The van der Waals surface area contributed by atoms with Crippen molar-refractivity contribution in [2.45, 2.75) is 31.3 Å². The van der Waals surface area contributed by atoms with Crippen LogP contribution in [0.3, 0.4) is 0 Å². The van der Waals surface area contributed by atoms with Crippen LogP contribution in [0, 0.1) is 17.1 Å². The first-order valence-corrected chi connectivity index (χ1v) is 12.2. The fourth-order valence-corrected chi connectivity index (χ4v) is 4.38. The highest BCUT2D eigenvalue weighted by Crippen LogP contribution is 2.33. The number of halogens is 1. The van der Waals surface area contributed by atoms with E-state index in [9.17, 15) is 9.65 Å². The summed E-state index contributed by atoms with van der Waals surface area (Å²) >= 11 is 1.48. The largest absolute Gasteiger partial charge is 0.368 e. The van der Waals surface area contributed by atoms with Gasteiger partial charge in [-0.05, 0) is 41.5 Å². The molecular weight excluding hydrogens is 433 g/mol. The van der Waals surface area contributed by atoms with E-state index in [0.717, 1.165) is 37.4 Å². The lowest BCUT2D eigenvalue weighted by atomic mass is 9.86. The molecule has 1 aromatic heterocycles. The number of piperazine rings is 1. The van der Waals surface area contributed by atoms with Crippen LogP contribution in [-0.4, -0.2) is 42.4 Å². The smallest absolute Gasteiger partial charge is 0.189 e. The summed E-state index contributed by atoms with van der Waals surface area (Å²) in [5, 5.41) is 10.7. The molecule has 7 heteroatoms. The van der Waals surface area contributed by atoms with Crippen molar-refractivity contribution in [2.24, 2.45) is 0 Å². The third kappa shape index (κ3) is 4.96. The van der Waals surface area contributed by atoms with Gasteiger partial charge in [0.2, 0.25) is 0 Å². The zero-order valence-corrected chi connectivity index (χ0v) is 20.3. The summed E-state index contributed by atoms with van der Waals surface area (Å²) in [6, 6.07) is 17.3. The average Bonchev–Trinajstić information content (AvgIpc) is 2.83. The zero-order valence-electron chi connectivity index (χ0n) is 19.5. The molecule has 0 spiro atoms. The number of anilines is 2. The van der Waals surface area contributed by atoms with Crippen molar-refractivity contribution in [3.05, 3.63) is 65.5 Å². The molecule has 0 radical (unpaired) electrons. The van der Waals surface area contributed by atoms with Gasteiger partial charge in [-0.15, -0.1) is 0 Å². The maximum absolute atomic E-state index is 13.3. The SMILES string of the molecule is CSc1nc(-c2ccc(C(C)(C)C)cc2)c(C#N)c(N2CCN(c3ccc(F)cc3)CC2)n1. The predicted octanol–water partition coefficient (Wildman–Crippen LogP) is 5.50. The second-order valence-electron chi connectivity index (χ2n) is 9.15. The van der Waals surface area contributed by atoms with E-state index in [1.165, 1.54) is 29.5 Å². The lowest BCUT2D eigenvalue weighted by Crippen LogP contribution is -2.47. The summed E-state index contributed by atoms with van der Waals surface area (Å²) in [6.07, 6.45) is 1.95. The number of hydrogen-bond acceptors (Lipinski definition) is 6. The van der Waals surface area contributed by atoms with Gasteiger partial charge in [-0.1, -0.05) is 56.8 Å². The quantitative estimate of drug-likeness (QED) is 0.378. The van der Waals surface area contributed by atoms with E-state index in [1.807, 2.05) is 30.5 Å². The van der Waals surface area contributed by atoms with E-state index in [1.54, 1.807) is 0 Å². The highest BCUT2D eigenvalue weighted by molar-refractivity contribution is 7.98. The minimum Gasteiger partial charge on any atom is -0.368 e. The number of hydrogen-bond donors (Lipinski definition) is 0. The molecule has 170 valence electrons. The molecule has 1 fully saturated rings. The van der Waals surface area contributed by atoms with Crippen molar-refractivity contribution in [2.75, 3.05) is 42.2 Å². The highest BCUT2D eigenvalue weighted by Gasteiger charge is 2.25. The van der Waals surface area contributed by atoms with Gasteiger partial charge in [0.05, 0.1) is 5.69 Å². The van der Waals surface area contributed by atoms with Gasteiger partial charge in [-0.3, -0.25) is 0 Å². The minimum absolute atomic E-state index is 0.0576. The van der Waals surface area contributed by atoms with Crippen molar-refractivity contribution < 1.29 is 4.39 Å². The molecule has 0 N–H and O–H groups in total. The lowest BCUT2D eigenvalue weighted by Gasteiger charge is -2.37. The van der Waals surface area contributed by atoms with Crippen LogP contribution >= 0.6 is 11.8 Å². The van der Waals surface area contributed by atoms with E-state index in [-0.39, 0.29) is 11.2 Å². The van der Waals surface area contributed by atoms with Crippen molar-refractivity contribution in [1.82, 2.24) is 9.97 Å².